The average Bonchev–Trinajstić information content (AvgIpc) is 2.80. The number of ether oxygens (including phenoxy) is 5. The molecular weight excluding hydrogens is 414 g/mol. The minimum absolute atomic E-state index is 0.0576. The van der Waals surface area contributed by atoms with Crippen molar-refractivity contribution in [2.24, 2.45) is 5.92 Å². The Morgan fingerprint density at radius 2 is 2.00 bits per heavy atom. The Kier molecular flexibility index (Phi) is 4.48. The van der Waals surface area contributed by atoms with Crippen molar-refractivity contribution in [2.75, 3.05) is 41.4 Å². The van der Waals surface area contributed by atoms with E-state index in [2.05, 4.69) is 4.74 Å². The first-order valence-electron chi connectivity index (χ1n) is 14.5. The fourth-order valence-corrected chi connectivity index (χ4v) is 3.88. The van der Waals surface area contributed by atoms with Crippen LogP contribution < -0.4 is 19.6 Å². The topological polar surface area (TPSA) is 85.2 Å². The molecule has 0 bridgehead atoms. The number of fused-ring (bicyclic) bond motifs is 3. The lowest BCUT2D eigenvalue weighted by molar-refractivity contribution is 0.0597. The van der Waals surface area contributed by atoms with Crippen molar-refractivity contribution in [3.05, 3.63) is 39.7 Å². The predicted octanol–water partition coefficient (Wildman–Crippen LogP) is 3.49. The van der Waals surface area contributed by atoms with E-state index in [-0.39, 0.29) is 41.7 Å². The lowest BCUT2D eigenvalue weighted by atomic mass is 9.86. The van der Waals surface area contributed by atoms with Gasteiger partial charge < -0.3 is 28.3 Å². The molecule has 0 spiro atoms. The van der Waals surface area contributed by atoms with Crippen molar-refractivity contribution in [1.29, 1.82) is 0 Å². The zero-order valence-corrected chi connectivity index (χ0v) is 18.0. The molecule has 0 unspecified atom stereocenters. The van der Waals surface area contributed by atoms with Crippen molar-refractivity contribution in [3.63, 3.8) is 0 Å². The summed E-state index contributed by atoms with van der Waals surface area (Å²) in [4.78, 5) is 26.2. The molecule has 1 atom stereocenters. The molecule has 3 rings (SSSR count). The molecule has 1 aliphatic rings. The molecule has 0 radical (unpaired) electrons. The van der Waals surface area contributed by atoms with Crippen molar-refractivity contribution in [2.45, 2.75) is 32.7 Å². The summed E-state index contributed by atoms with van der Waals surface area (Å²) in [7, 11) is -7.66. The van der Waals surface area contributed by atoms with Crippen LogP contribution in [0, 0.1) is 5.92 Å². The molecular formula is C24H31NO7. The van der Waals surface area contributed by atoms with Gasteiger partial charge in [-0.1, -0.05) is 13.8 Å². The zero-order chi connectivity index (χ0) is 30.9. The maximum absolute atomic E-state index is 13.5. The Bertz CT molecular complexity index is 1330. The smallest absolute Gasteiger partial charge is 0.343 e. The van der Waals surface area contributed by atoms with Gasteiger partial charge in [-0.25, -0.2) is 4.79 Å². The standard InChI is InChI=1S/C24H31NO7/c1-14(2)18-10-15-11-20(32-9-7-8-28-3)19(29-4)12-16(15)21-23(30-5)22(26)17(13-25(18)21)24(27)31-6/h11-14,18H,7-10H2,1-6H3/t18-/m0/s1/i4D3,5D3,6D3. The van der Waals surface area contributed by atoms with E-state index in [4.69, 9.17) is 31.3 Å². The van der Waals surface area contributed by atoms with Gasteiger partial charge in [-0.05, 0) is 30.0 Å². The number of hydrogen-bond acceptors (Lipinski definition) is 7. The fraction of sp³-hybridized carbons (Fsp3) is 0.500. The first-order chi connectivity index (χ1) is 18.8. The van der Waals surface area contributed by atoms with Gasteiger partial charge >= 0.3 is 5.97 Å². The van der Waals surface area contributed by atoms with Crippen LogP contribution in [-0.4, -0.2) is 52.0 Å². The van der Waals surface area contributed by atoms with Crippen molar-refractivity contribution in [3.8, 4) is 28.5 Å². The molecule has 0 N–H and O–H groups in total. The quantitative estimate of drug-likeness (QED) is 0.423. The molecule has 0 aliphatic carbocycles. The third-order valence-corrected chi connectivity index (χ3v) is 5.45. The number of pyridine rings is 1. The average molecular weight is 455 g/mol. The van der Waals surface area contributed by atoms with Crippen LogP contribution in [0.3, 0.4) is 0 Å². The molecule has 0 saturated carbocycles. The molecule has 8 heteroatoms. The fourth-order valence-electron chi connectivity index (χ4n) is 3.88. The molecule has 0 fully saturated rings. The molecule has 8 nitrogen and oxygen atoms in total. The zero-order valence-electron chi connectivity index (χ0n) is 27.0. The Morgan fingerprint density at radius 1 is 1.19 bits per heavy atom. The first kappa shape index (κ1) is 14.2. The van der Waals surface area contributed by atoms with E-state index in [0.29, 0.717) is 18.6 Å². The van der Waals surface area contributed by atoms with Gasteiger partial charge in [-0.15, -0.1) is 0 Å². The number of aromatic nitrogens is 1. The number of benzene rings is 1. The third-order valence-electron chi connectivity index (χ3n) is 5.45. The van der Waals surface area contributed by atoms with Crippen LogP contribution >= 0.6 is 0 Å². The van der Waals surface area contributed by atoms with E-state index in [1.807, 2.05) is 13.8 Å². The number of rotatable bonds is 9. The number of hydrogen-bond donors (Lipinski definition) is 0. The van der Waals surface area contributed by atoms with Gasteiger partial charge in [0.2, 0.25) is 5.43 Å². The van der Waals surface area contributed by atoms with Gasteiger partial charge in [0.05, 0.1) is 45.8 Å². The molecule has 0 saturated heterocycles. The van der Waals surface area contributed by atoms with Crippen LogP contribution in [-0.2, 0) is 15.9 Å². The van der Waals surface area contributed by atoms with Crippen LogP contribution in [0.5, 0.6) is 17.2 Å². The van der Waals surface area contributed by atoms with E-state index in [1.165, 1.54) is 17.7 Å². The molecule has 1 aromatic heterocycles. The molecule has 2 aromatic rings. The lowest BCUT2D eigenvalue weighted by Gasteiger charge is -2.34. The number of carbonyl (C=O) groups is 1. The van der Waals surface area contributed by atoms with E-state index >= 15 is 0 Å². The molecule has 174 valence electrons. The Morgan fingerprint density at radius 3 is 2.69 bits per heavy atom. The summed E-state index contributed by atoms with van der Waals surface area (Å²) in [6.07, 6.45) is 1.89. The second-order valence-corrected chi connectivity index (χ2v) is 7.72. The summed E-state index contributed by atoms with van der Waals surface area (Å²) in [5.74, 6) is -2.48. The second-order valence-electron chi connectivity index (χ2n) is 7.72. The second kappa shape index (κ2) is 10.1. The SMILES string of the molecule is [2H]C([2H])([2H])OC(=O)c1cn2c(c(OC([2H])([2H])[2H])c1=O)-c1cc(OC([2H])([2H])[2H])c(OCCCOC)cc1C[C@H]2C(C)C. The molecule has 0 amide bonds. The summed E-state index contributed by atoms with van der Waals surface area (Å²) < 4.78 is 94.5. The van der Waals surface area contributed by atoms with Crippen LogP contribution in [0.15, 0.2) is 23.1 Å². The maximum Gasteiger partial charge on any atom is 0.343 e. The number of methoxy groups -OCH3 is 4. The van der Waals surface area contributed by atoms with E-state index < -0.39 is 49.9 Å². The maximum atomic E-state index is 13.5. The van der Waals surface area contributed by atoms with Gasteiger partial charge in [-0.2, -0.15) is 0 Å². The van der Waals surface area contributed by atoms with Gasteiger partial charge in [0.1, 0.15) is 5.56 Å². The highest BCUT2D eigenvalue weighted by Crippen LogP contribution is 2.45. The molecule has 1 aliphatic heterocycles. The minimum atomic E-state index is -3.17. The van der Waals surface area contributed by atoms with Crippen LogP contribution in [0.2, 0.25) is 0 Å². The van der Waals surface area contributed by atoms with Gasteiger partial charge in [0, 0.05) is 37.9 Å². The Hall–Kier alpha value is -3.00. The normalized spacial score (nSPS) is 19.9. The Balaban J connectivity index is 2.34. The largest absolute Gasteiger partial charge is 0.493 e. The van der Waals surface area contributed by atoms with Gasteiger partial charge in [-0.3, -0.25) is 4.79 Å². The minimum Gasteiger partial charge on any atom is -0.493 e. The third kappa shape index (κ3) is 4.32. The van der Waals surface area contributed by atoms with Crippen molar-refractivity contribution < 1.29 is 40.8 Å². The number of esters is 1. The van der Waals surface area contributed by atoms with Crippen molar-refractivity contribution >= 4 is 5.97 Å². The van der Waals surface area contributed by atoms with Gasteiger partial charge in [0.25, 0.3) is 0 Å². The number of carbonyl (C=O) groups excluding carboxylic acids is 1. The number of nitrogens with zero attached hydrogens (tertiary/aromatic N) is 1. The summed E-state index contributed by atoms with van der Waals surface area (Å²) in [6.45, 7) is 4.29. The van der Waals surface area contributed by atoms with Crippen LogP contribution in [0.4, 0.5) is 0 Å². The Labute approximate surface area is 200 Å². The van der Waals surface area contributed by atoms with E-state index in [9.17, 15) is 9.59 Å². The first-order valence-corrected chi connectivity index (χ1v) is 10.0. The predicted molar refractivity (Wildman–Crippen MR) is 120 cm³/mol. The monoisotopic (exact) mass is 454 g/mol. The summed E-state index contributed by atoms with van der Waals surface area (Å²) in [5.41, 5.74) is -1.24. The van der Waals surface area contributed by atoms with Crippen molar-refractivity contribution in [1.82, 2.24) is 4.57 Å². The molecule has 2 heterocycles. The highest BCUT2D eigenvalue weighted by molar-refractivity contribution is 5.90. The molecule has 32 heavy (non-hydrogen) atoms. The summed E-state index contributed by atoms with van der Waals surface area (Å²) in [6, 6.07) is 2.39. The molecule has 1 aromatic carbocycles. The van der Waals surface area contributed by atoms with Gasteiger partial charge in [0.15, 0.2) is 17.2 Å². The highest BCUT2D eigenvalue weighted by atomic mass is 16.5. The van der Waals surface area contributed by atoms with Crippen LogP contribution in [0.1, 0.15) is 54.6 Å². The lowest BCUT2D eigenvalue weighted by Crippen LogP contribution is -2.30. The van der Waals surface area contributed by atoms with E-state index in [1.54, 1.807) is 6.07 Å². The highest BCUT2D eigenvalue weighted by Gasteiger charge is 2.33. The van der Waals surface area contributed by atoms with E-state index in [0.717, 1.165) is 6.20 Å². The summed E-state index contributed by atoms with van der Waals surface area (Å²) >= 11 is 0. The van der Waals surface area contributed by atoms with Crippen LogP contribution in [0.25, 0.3) is 11.3 Å². The summed E-state index contributed by atoms with van der Waals surface area (Å²) in [5, 5.41) is 0.